The highest BCUT2D eigenvalue weighted by Crippen LogP contribution is 2.41. The number of imide groups is 1. The van der Waals surface area contributed by atoms with Crippen molar-refractivity contribution in [3.8, 4) is 11.1 Å². The first-order valence-electron chi connectivity index (χ1n) is 22.7. The van der Waals surface area contributed by atoms with Crippen LogP contribution in [0.15, 0.2) is 72.9 Å². The van der Waals surface area contributed by atoms with Gasteiger partial charge in [-0.3, -0.25) is 57.6 Å². The number of hydrogen-bond donors (Lipinski definition) is 9. The van der Waals surface area contributed by atoms with Gasteiger partial charge in [0.25, 0.3) is 11.8 Å². The lowest BCUT2D eigenvalue weighted by Crippen LogP contribution is -2.58. The van der Waals surface area contributed by atoms with E-state index in [1.54, 1.807) is 55.8 Å². The molecular formula is C48H58F2N10O13. The fourth-order valence-corrected chi connectivity index (χ4v) is 7.72. The molecule has 4 rings (SSSR count). The molecule has 2 heterocycles. The number of hydrogen-bond acceptors (Lipinski definition) is 12. The number of nitrogens with one attached hydrogen (secondary N) is 6. The molecule has 0 spiro atoms. The van der Waals surface area contributed by atoms with Crippen LogP contribution in [0.2, 0.25) is 0 Å². The monoisotopic (exact) mass is 1020 g/mol. The standard InChI is InChI=1S/C48H58F2N10O13/c1-27(62)54-22-38(64)55-35(21-43(69)70)47(73)57-34(20-37(51)63)46(72)56-33(45(71)53-16-15-52-39(65)25-60-40(66)12-13-41(60)67)14-17-59(42(68)26-61)44(48(2,3)4)36-18-29(31-19-30(49)10-11-32(31)50)24-58(36)23-28-8-6-5-7-9-28/h5-13,18-19,24,33-35,44,61H,14-17,20-23,25-26H2,1-4H3,(H2,51,63)(H,52,65)(H,53,71)(H,54,62)(H,55,64)(H,56,72)(H,57,73)(H,69,70)/t33-,34-,35+,44-/m0/s1. The van der Waals surface area contributed by atoms with E-state index in [0.29, 0.717) is 10.6 Å². The maximum atomic E-state index is 15.3. The lowest BCUT2D eigenvalue weighted by molar-refractivity contribution is -0.142. The van der Waals surface area contributed by atoms with E-state index in [1.165, 1.54) is 4.90 Å². The molecule has 1 aliphatic rings. The molecule has 25 heteroatoms. The van der Waals surface area contributed by atoms with Crippen molar-refractivity contribution in [2.75, 3.05) is 39.3 Å². The van der Waals surface area contributed by atoms with Gasteiger partial charge in [-0.05, 0) is 41.7 Å². The molecular weight excluding hydrogens is 963 g/mol. The number of nitrogens with two attached hydrogens (primary N) is 1. The van der Waals surface area contributed by atoms with Crippen LogP contribution in [0.25, 0.3) is 11.1 Å². The molecule has 0 saturated carbocycles. The number of aliphatic hydroxyl groups is 1. The number of nitrogens with zero attached hydrogens (tertiary/aromatic N) is 3. The van der Waals surface area contributed by atoms with Gasteiger partial charge in [-0.25, -0.2) is 8.78 Å². The molecule has 10 amide bonds. The highest BCUT2D eigenvalue weighted by Gasteiger charge is 2.39. The molecule has 0 unspecified atom stereocenters. The van der Waals surface area contributed by atoms with Crippen molar-refractivity contribution in [2.24, 2.45) is 11.1 Å². The van der Waals surface area contributed by atoms with Gasteiger partial charge in [0.15, 0.2) is 0 Å². The average Bonchev–Trinajstić information content (AvgIpc) is 3.87. The normalized spacial score (nSPS) is 13.8. The molecule has 3 aromatic rings. The Labute approximate surface area is 417 Å². The van der Waals surface area contributed by atoms with Crippen molar-refractivity contribution in [2.45, 2.75) is 77.7 Å². The molecule has 0 saturated heterocycles. The molecule has 1 aromatic heterocycles. The van der Waals surface area contributed by atoms with Crippen LogP contribution in [0.5, 0.6) is 0 Å². The average molecular weight is 1020 g/mol. The van der Waals surface area contributed by atoms with Gasteiger partial charge in [-0.15, -0.1) is 0 Å². The topological polar surface area (TPSA) is 338 Å². The number of halogens is 2. The van der Waals surface area contributed by atoms with E-state index in [9.17, 15) is 67.3 Å². The first kappa shape index (κ1) is 57.2. The molecule has 23 nitrogen and oxygen atoms in total. The molecule has 0 aliphatic carbocycles. The molecule has 4 atom stereocenters. The summed E-state index contributed by atoms with van der Waals surface area (Å²) in [5, 5.41) is 33.7. The number of aliphatic carboxylic acids is 1. The second kappa shape index (κ2) is 26.2. The van der Waals surface area contributed by atoms with Crippen LogP contribution >= 0.6 is 0 Å². The quantitative estimate of drug-likeness (QED) is 0.0340. The number of rotatable bonds is 26. The molecule has 1 aliphatic heterocycles. The Balaban J connectivity index is 1.71. The smallest absolute Gasteiger partial charge is 0.305 e. The van der Waals surface area contributed by atoms with E-state index >= 15 is 4.39 Å². The van der Waals surface area contributed by atoms with Crippen LogP contribution in [0.4, 0.5) is 8.78 Å². The second-order valence-electron chi connectivity index (χ2n) is 17.9. The lowest BCUT2D eigenvalue weighted by Gasteiger charge is -2.41. The van der Waals surface area contributed by atoms with E-state index in [-0.39, 0.29) is 30.8 Å². The maximum Gasteiger partial charge on any atom is 0.305 e. The van der Waals surface area contributed by atoms with Gasteiger partial charge in [0.1, 0.15) is 42.9 Å². The SMILES string of the molecule is CC(=O)NCC(=O)N[C@H](CC(=O)O)C(=O)N[C@@H](CC(N)=O)C(=O)N[C@@H](CCN(C(=O)CO)[C@@H](c1cc(-c2cc(F)ccc2F)cn1Cc1ccccc1)C(C)(C)C)C(=O)NCCNC(=O)CN1C(=O)C=CC1=O. The van der Waals surface area contributed by atoms with Crippen molar-refractivity contribution in [3.05, 3.63) is 95.8 Å². The fraction of sp³-hybridized carbons (Fsp3) is 0.396. The minimum Gasteiger partial charge on any atom is -0.481 e. The van der Waals surface area contributed by atoms with Crippen molar-refractivity contribution < 1.29 is 71.7 Å². The summed E-state index contributed by atoms with van der Waals surface area (Å²) in [5.41, 5.74) is 5.80. The predicted molar refractivity (Wildman–Crippen MR) is 253 cm³/mol. The Morgan fingerprint density at radius 2 is 1.38 bits per heavy atom. The number of benzene rings is 2. The summed E-state index contributed by atoms with van der Waals surface area (Å²) in [5.74, 6) is -12.3. The maximum absolute atomic E-state index is 15.3. The Morgan fingerprint density at radius 3 is 1.97 bits per heavy atom. The largest absolute Gasteiger partial charge is 0.481 e. The third-order valence-corrected chi connectivity index (χ3v) is 11.0. The van der Waals surface area contributed by atoms with E-state index in [2.05, 4.69) is 31.9 Å². The number of carboxylic acid groups (broad SMARTS) is 1. The molecule has 0 fully saturated rings. The van der Waals surface area contributed by atoms with Crippen molar-refractivity contribution in [3.63, 3.8) is 0 Å². The van der Waals surface area contributed by atoms with Crippen molar-refractivity contribution in [1.29, 1.82) is 0 Å². The summed E-state index contributed by atoms with van der Waals surface area (Å²) in [7, 11) is 0. The van der Waals surface area contributed by atoms with Crippen molar-refractivity contribution >= 4 is 65.0 Å². The third-order valence-electron chi connectivity index (χ3n) is 11.0. The van der Waals surface area contributed by atoms with E-state index < -0.39 is 152 Å². The Kier molecular flexibility index (Phi) is 20.5. The molecule has 0 bridgehead atoms. The van der Waals surface area contributed by atoms with Gasteiger partial charge in [0, 0.05) is 68.3 Å². The van der Waals surface area contributed by atoms with Gasteiger partial charge in [-0.2, -0.15) is 0 Å². The van der Waals surface area contributed by atoms with Crippen LogP contribution in [0, 0.1) is 17.0 Å². The van der Waals surface area contributed by atoms with Crippen LogP contribution in [0.1, 0.15) is 64.3 Å². The van der Waals surface area contributed by atoms with E-state index in [4.69, 9.17) is 5.73 Å². The summed E-state index contributed by atoms with van der Waals surface area (Å²) in [6.45, 7) is 3.17. The number of carbonyl (C=O) groups is 11. The molecule has 0 radical (unpaired) electrons. The Morgan fingerprint density at radius 1 is 0.767 bits per heavy atom. The van der Waals surface area contributed by atoms with Gasteiger partial charge >= 0.3 is 5.97 Å². The minimum absolute atomic E-state index is 0.0920. The number of aliphatic hydroxyl groups excluding tert-OH is 1. The highest BCUT2D eigenvalue weighted by molar-refractivity contribution is 6.14. The predicted octanol–water partition coefficient (Wildman–Crippen LogP) is -1.12. The highest BCUT2D eigenvalue weighted by atomic mass is 19.1. The second-order valence-corrected chi connectivity index (χ2v) is 17.9. The zero-order valence-electron chi connectivity index (χ0n) is 40.4. The van der Waals surface area contributed by atoms with Gasteiger partial charge < -0.3 is 57.3 Å². The summed E-state index contributed by atoms with van der Waals surface area (Å²) >= 11 is 0. The third kappa shape index (κ3) is 17.2. The van der Waals surface area contributed by atoms with E-state index in [0.717, 1.165) is 42.8 Å². The van der Waals surface area contributed by atoms with Crippen LogP contribution in [0.3, 0.4) is 0 Å². The number of amides is 10. The molecule has 10 N–H and O–H groups in total. The van der Waals surface area contributed by atoms with Crippen LogP contribution in [-0.2, 0) is 59.3 Å². The molecule has 2 aromatic carbocycles. The summed E-state index contributed by atoms with van der Waals surface area (Å²) in [6, 6.07) is 7.05. The first-order chi connectivity index (χ1) is 34.4. The molecule has 73 heavy (non-hydrogen) atoms. The minimum atomic E-state index is -1.92. The Hall–Kier alpha value is -8.35. The summed E-state index contributed by atoms with van der Waals surface area (Å²) in [4.78, 5) is 142. The zero-order valence-corrected chi connectivity index (χ0v) is 40.4. The first-order valence-corrected chi connectivity index (χ1v) is 22.7. The van der Waals surface area contributed by atoms with Gasteiger partial charge in [0.05, 0.1) is 25.4 Å². The van der Waals surface area contributed by atoms with Gasteiger partial charge in [-0.1, -0.05) is 51.1 Å². The number of carbonyl (C=O) groups excluding carboxylic acids is 10. The van der Waals surface area contributed by atoms with Gasteiger partial charge in [0.2, 0.25) is 47.3 Å². The number of carboxylic acids is 1. The summed E-state index contributed by atoms with van der Waals surface area (Å²) < 4.78 is 31.6. The molecule has 392 valence electrons. The van der Waals surface area contributed by atoms with Crippen molar-refractivity contribution in [1.82, 2.24) is 46.3 Å². The van der Waals surface area contributed by atoms with E-state index in [1.807, 2.05) is 12.1 Å². The number of aromatic nitrogens is 1. The lowest BCUT2D eigenvalue weighted by atomic mass is 9.82. The zero-order chi connectivity index (χ0) is 54.2. The summed E-state index contributed by atoms with van der Waals surface area (Å²) in [6.07, 6.45) is 1.12. The van der Waals surface area contributed by atoms with Crippen LogP contribution in [-0.4, -0.2) is 147 Å². The number of primary amides is 1. The Bertz CT molecular complexity index is 2600. The van der Waals surface area contributed by atoms with Crippen LogP contribution < -0.4 is 37.6 Å². The fourth-order valence-electron chi connectivity index (χ4n) is 7.72.